The van der Waals surface area contributed by atoms with Crippen molar-refractivity contribution in [2.45, 2.75) is 26.2 Å². The SMILES string of the molecule is CCOC(=O)[C@@]12C(=O)C=CC3CC1CC(=O)CC32. The maximum absolute atomic E-state index is 12.3. The Morgan fingerprint density at radius 1 is 1.44 bits per heavy atom. The number of carbonyl (C=O) groups excluding carboxylic acids is 3. The second-order valence-electron chi connectivity index (χ2n) is 5.46. The third kappa shape index (κ3) is 1.23. The normalized spacial score (nSPS) is 41.1. The Balaban J connectivity index is 2.09. The lowest BCUT2D eigenvalue weighted by Gasteiger charge is -2.40. The molecule has 0 spiro atoms. The van der Waals surface area contributed by atoms with Crippen molar-refractivity contribution >= 4 is 17.5 Å². The first-order chi connectivity index (χ1) is 8.60. The van der Waals surface area contributed by atoms with Crippen molar-refractivity contribution in [1.82, 2.24) is 0 Å². The molecule has 0 aromatic rings. The Kier molecular flexibility index (Phi) is 2.44. The summed E-state index contributed by atoms with van der Waals surface area (Å²) < 4.78 is 5.14. The van der Waals surface area contributed by atoms with Gasteiger partial charge in [-0.25, -0.2) is 0 Å². The molecule has 0 amide bonds. The van der Waals surface area contributed by atoms with E-state index in [4.69, 9.17) is 4.74 Å². The molecule has 96 valence electrons. The number of hydrogen-bond acceptors (Lipinski definition) is 4. The third-order valence-corrected chi connectivity index (χ3v) is 4.74. The summed E-state index contributed by atoms with van der Waals surface area (Å²) in [6, 6.07) is 0. The highest BCUT2D eigenvalue weighted by molar-refractivity contribution is 6.12. The minimum atomic E-state index is -1.05. The Morgan fingerprint density at radius 3 is 2.94 bits per heavy atom. The van der Waals surface area contributed by atoms with Crippen LogP contribution in [0.2, 0.25) is 0 Å². The van der Waals surface area contributed by atoms with Gasteiger partial charge in [-0.1, -0.05) is 6.08 Å². The number of hydrogen-bond donors (Lipinski definition) is 0. The van der Waals surface area contributed by atoms with Crippen LogP contribution in [0.25, 0.3) is 0 Å². The first-order valence-corrected chi connectivity index (χ1v) is 6.52. The number of esters is 1. The molecular formula is C14H16O4. The Labute approximate surface area is 105 Å². The maximum Gasteiger partial charge on any atom is 0.320 e. The molecule has 4 heteroatoms. The molecule has 0 aromatic carbocycles. The summed E-state index contributed by atoms with van der Waals surface area (Å²) in [6.07, 6.45) is 4.85. The fourth-order valence-corrected chi connectivity index (χ4v) is 4.09. The van der Waals surface area contributed by atoms with E-state index in [-0.39, 0.29) is 35.9 Å². The molecule has 4 nitrogen and oxygen atoms in total. The molecule has 2 saturated carbocycles. The molecule has 18 heavy (non-hydrogen) atoms. The Hall–Kier alpha value is -1.45. The Bertz CT molecular complexity index is 464. The molecular weight excluding hydrogens is 232 g/mol. The zero-order chi connectivity index (χ0) is 12.9. The van der Waals surface area contributed by atoms with Crippen LogP contribution in [0.4, 0.5) is 0 Å². The van der Waals surface area contributed by atoms with Crippen LogP contribution < -0.4 is 0 Å². The van der Waals surface area contributed by atoms with Crippen molar-refractivity contribution in [2.75, 3.05) is 6.61 Å². The molecule has 3 aliphatic rings. The molecule has 0 N–H and O–H groups in total. The van der Waals surface area contributed by atoms with E-state index in [0.717, 1.165) is 6.42 Å². The average Bonchev–Trinajstić information content (AvgIpc) is 2.45. The molecule has 0 aromatic heterocycles. The lowest BCUT2D eigenvalue weighted by Crippen LogP contribution is -2.53. The zero-order valence-corrected chi connectivity index (χ0v) is 10.3. The van der Waals surface area contributed by atoms with Gasteiger partial charge in [-0.2, -0.15) is 0 Å². The van der Waals surface area contributed by atoms with Crippen molar-refractivity contribution in [2.24, 2.45) is 23.2 Å². The molecule has 0 radical (unpaired) electrons. The number of rotatable bonds is 2. The molecule has 2 fully saturated rings. The summed E-state index contributed by atoms with van der Waals surface area (Å²) in [6.45, 7) is 2.01. The van der Waals surface area contributed by atoms with Crippen LogP contribution in [0.5, 0.6) is 0 Å². The topological polar surface area (TPSA) is 60.4 Å². The number of allylic oxidation sites excluding steroid dienone is 2. The monoisotopic (exact) mass is 248 g/mol. The summed E-state index contributed by atoms with van der Waals surface area (Å²) in [4.78, 5) is 36.3. The van der Waals surface area contributed by atoms with Crippen molar-refractivity contribution < 1.29 is 19.1 Å². The van der Waals surface area contributed by atoms with Gasteiger partial charge in [-0.05, 0) is 37.2 Å². The van der Waals surface area contributed by atoms with Crippen molar-refractivity contribution in [3.8, 4) is 0 Å². The minimum absolute atomic E-state index is 0.155. The van der Waals surface area contributed by atoms with E-state index in [9.17, 15) is 14.4 Å². The van der Waals surface area contributed by atoms with Crippen molar-refractivity contribution in [3.63, 3.8) is 0 Å². The highest BCUT2D eigenvalue weighted by Gasteiger charge is 2.67. The predicted octanol–water partition coefficient (Wildman–Crippen LogP) is 1.29. The molecule has 4 bridgehead atoms. The van der Waals surface area contributed by atoms with Gasteiger partial charge in [-0.3, -0.25) is 14.4 Å². The number of carbonyl (C=O) groups is 3. The van der Waals surface area contributed by atoms with Gasteiger partial charge in [0.2, 0.25) is 0 Å². The van der Waals surface area contributed by atoms with Crippen LogP contribution in [0.1, 0.15) is 26.2 Å². The van der Waals surface area contributed by atoms with Crippen LogP contribution in [0, 0.1) is 23.2 Å². The van der Waals surface area contributed by atoms with Crippen molar-refractivity contribution in [3.05, 3.63) is 12.2 Å². The molecule has 3 unspecified atom stereocenters. The second-order valence-corrected chi connectivity index (χ2v) is 5.46. The van der Waals surface area contributed by atoms with Crippen LogP contribution >= 0.6 is 0 Å². The standard InChI is InChI=1S/C14H16O4/c1-2-18-13(17)14-9-5-8(3-4-12(14)16)11(14)7-10(15)6-9/h3-4,8-9,11H,2,5-7H2,1H3/t8?,9?,11?,14-/m0/s1. The lowest BCUT2D eigenvalue weighted by molar-refractivity contribution is -0.168. The predicted molar refractivity (Wildman–Crippen MR) is 62.5 cm³/mol. The van der Waals surface area contributed by atoms with Crippen LogP contribution in [0.3, 0.4) is 0 Å². The number of Topliss-reactive ketones (excluding diaryl/α,β-unsaturated/α-hetero) is 1. The fourth-order valence-electron chi connectivity index (χ4n) is 4.09. The highest BCUT2D eigenvalue weighted by Crippen LogP contribution is 2.60. The molecule has 3 aliphatic carbocycles. The molecule has 0 aliphatic heterocycles. The van der Waals surface area contributed by atoms with Gasteiger partial charge in [0.15, 0.2) is 5.78 Å². The summed E-state index contributed by atoms with van der Waals surface area (Å²) >= 11 is 0. The van der Waals surface area contributed by atoms with Gasteiger partial charge in [0.05, 0.1) is 6.61 Å². The zero-order valence-electron chi connectivity index (χ0n) is 10.3. The largest absolute Gasteiger partial charge is 0.465 e. The van der Waals surface area contributed by atoms with E-state index in [1.165, 1.54) is 6.08 Å². The van der Waals surface area contributed by atoms with E-state index in [2.05, 4.69) is 0 Å². The van der Waals surface area contributed by atoms with E-state index in [1.807, 2.05) is 6.08 Å². The maximum atomic E-state index is 12.3. The van der Waals surface area contributed by atoms with Crippen LogP contribution in [0.15, 0.2) is 12.2 Å². The minimum Gasteiger partial charge on any atom is -0.465 e. The summed E-state index contributed by atoms with van der Waals surface area (Å²) in [7, 11) is 0. The highest BCUT2D eigenvalue weighted by atomic mass is 16.5. The summed E-state index contributed by atoms with van der Waals surface area (Å²) in [5, 5.41) is 0. The van der Waals surface area contributed by atoms with Gasteiger partial charge < -0.3 is 4.74 Å². The van der Waals surface area contributed by atoms with E-state index < -0.39 is 11.4 Å². The molecule has 0 saturated heterocycles. The van der Waals surface area contributed by atoms with Gasteiger partial charge in [-0.15, -0.1) is 0 Å². The Morgan fingerprint density at radius 2 is 2.22 bits per heavy atom. The summed E-state index contributed by atoms with van der Waals surface area (Å²) in [5.74, 6) is -0.531. The fraction of sp³-hybridized carbons (Fsp3) is 0.643. The van der Waals surface area contributed by atoms with Gasteiger partial charge in [0.25, 0.3) is 0 Å². The summed E-state index contributed by atoms with van der Waals surface area (Å²) in [5.41, 5.74) is -1.05. The van der Waals surface area contributed by atoms with Gasteiger partial charge in [0, 0.05) is 12.8 Å². The van der Waals surface area contributed by atoms with E-state index in [0.29, 0.717) is 12.8 Å². The number of ketones is 2. The van der Waals surface area contributed by atoms with Crippen LogP contribution in [-0.4, -0.2) is 24.1 Å². The van der Waals surface area contributed by atoms with Gasteiger partial charge >= 0.3 is 5.97 Å². The molecule has 0 heterocycles. The quantitative estimate of drug-likeness (QED) is 0.545. The van der Waals surface area contributed by atoms with Gasteiger partial charge in [0.1, 0.15) is 11.2 Å². The molecule has 4 atom stereocenters. The third-order valence-electron chi connectivity index (χ3n) is 4.74. The second kappa shape index (κ2) is 3.77. The lowest BCUT2D eigenvalue weighted by atomic mass is 9.60. The van der Waals surface area contributed by atoms with E-state index >= 15 is 0 Å². The first kappa shape index (κ1) is 11.6. The van der Waals surface area contributed by atoms with E-state index in [1.54, 1.807) is 6.92 Å². The van der Waals surface area contributed by atoms with Crippen molar-refractivity contribution in [1.29, 1.82) is 0 Å². The average molecular weight is 248 g/mol. The first-order valence-electron chi connectivity index (χ1n) is 6.52. The number of ether oxygens (including phenoxy) is 1. The smallest absolute Gasteiger partial charge is 0.320 e. The molecule has 3 rings (SSSR count). The van der Waals surface area contributed by atoms with Crippen LogP contribution in [-0.2, 0) is 19.1 Å².